The fourth-order valence-electron chi connectivity index (χ4n) is 3.46. The molecule has 6 heteroatoms. The van der Waals surface area contributed by atoms with Crippen LogP contribution in [0.4, 0.5) is 10.5 Å². The monoisotopic (exact) mass is 381 g/mol. The summed E-state index contributed by atoms with van der Waals surface area (Å²) in [6.45, 7) is 5.08. The Balaban J connectivity index is 1.59. The van der Waals surface area contributed by atoms with E-state index in [0.717, 1.165) is 41.1 Å². The van der Waals surface area contributed by atoms with Crippen LogP contribution in [0.3, 0.4) is 0 Å². The minimum absolute atomic E-state index is 0.156. The van der Waals surface area contributed by atoms with Crippen LogP contribution in [-0.4, -0.2) is 25.6 Å². The molecule has 0 saturated carbocycles. The summed E-state index contributed by atoms with van der Waals surface area (Å²) in [6.07, 6.45) is 1.50. The predicted molar refractivity (Wildman–Crippen MR) is 110 cm³/mol. The number of amides is 3. The summed E-state index contributed by atoms with van der Waals surface area (Å²) >= 11 is 0. The molecule has 1 atom stereocenters. The van der Waals surface area contributed by atoms with E-state index in [9.17, 15) is 9.59 Å². The molecule has 0 radical (unpaired) electrons. The van der Waals surface area contributed by atoms with Gasteiger partial charge in [0, 0.05) is 30.8 Å². The van der Waals surface area contributed by atoms with Gasteiger partial charge in [0.2, 0.25) is 5.91 Å². The third-order valence-electron chi connectivity index (χ3n) is 4.95. The smallest absolute Gasteiger partial charge is 0.315 e. The van der Waals surface area contributed by atoms with Crippen LogP contribution >= 0.6 is 0 Å². The maximum Gasteiger partial charge on any atom is 0.315 e. The number of hydrogen-bond donors (Lipinski definition) is 2. The fraction of sp³-hybridized carbons (Fsp3) is 0.364. The summed E-state index contributed by atoms with van der Waals surface area (Å²) in [6, 6.07) is 13.2. The lowest BCUT2D eigenvalue weighted by Gasteiger charge is -2.19. The Morgan fingerprint density at radius 3 is 2.79 bits per heavy atom. The molecule has 1 saturated heterocycles. The highest BCUT2D eigenvalue weighted by Gasteiger charge is 2.21. The lowest BCUT2D eigenvalue weighted by molar-refractivity contribution is -0.117. The molecule has 1 heterocycles. The van der Waals surface area contributed by atoms with Crippen molar-refractivity contribution in [1.29, 1.82) is 0 Å². The van der Waals surface area contributed by atoms with Crippen LogP contribution in [-0.2, 0) is 11.3 Å². The molecule has 6 nitrogen and oxygen atoms in total. The van der Waals surface area contributed by atoms with E-state index < -0.39 is 0 Å². The van der Waals surface area contributed by atoms with Crippen LogP contribution < -0.4 is 20.3 Å². The van der Waals surface area contributed by atoms with Crippen molar-refractivity contribution < 1.29 is 14.3 Å². The number of nitrogens with one attached hydrogen (secondary N) is 2. The van der Waals surface area contributed by atoms with Crippen molar-refractivity contribution >= 4 is 17.6 Å². The number of hydrogen-bond acceptors (Lipinski definition) is 3. The van der Waals surface area contributed by atoms with E-state index in [-0.39, 0.29) is 18.0 Å². The molecule has 0 aliphatic carbocycles. The zero-order chi connectivity index (χ0) is 20.1. The highest BCUT2D eigenvalue weighted by atomic mass is 16.5. The Labute approximate surface area is 165 Å². The number of benzene rings is 2. The number of carbonyl (C=O) groups is 2. The highest BCUT2D eigenvalue weighted by Crippen LogP contribution is 2.26. The highest BCUT2D eigenvalue weighted by molar-refractivity contribution is 5.95. The fourth-order valence-corrected chi connectivity index (χ4v) is 3.46. The van der Waals surface area contributed by atoms with Gasteiger partial charge in [-0.1, -0.05) is 29.8 Å². The average molecular weight is 381 g/mol. The van der Waals surface area contributed by atoms with Crippen LogP contribution in [0.25, 0.3) is 0 Å². The first kappa shape index (κ1) is 19.7. The number of carbonyl (C=O) groups excluding carboxylic acids is 2. The molecule has 3 rings (SSSR count). The van der Waals surface area contributed by atoms with Crippen molar-refractivity contribution in [2.45, 2.75) is 39.3 Å². The minimum Gasteiger partial charge on any atom is -0.496 e. The van der Waals surface area contributed by atoms with Gasteiger partial charge >= 0.3 is 6.03 Å². The van der Waals surface area contributed by atoms with Gasteiger partial charge < -0.3 is 20.3 Å². The zero-order valence-corrected chi connectivity index (χ0v) is 16.6. The van der Waals surface area contributed by atoms with Gasteiger partial charge in [-0.2, -0.15) is 0 Å². The van der Waals surface area contributed by atoms with Crippen LogP contribution in [0.15, 0.2) is 42.5 Å². The number of nitrogens with zero attached hydrogens (tertiary/aromatic N) is 1. The molecule has 0 aromatic heterocycles. The van der Waals surface area contributed by atoms with Crippen molar-refractivity contribution in [2.75, 3.05) is 18.6 Å². The molecule has 0 bridgehead atoms. The molecule has 2 aromatic carbocycles. The van der Waals surface area contributed by atoms with E-state index in [0.29, 0.717) is 13.0 Å². The van der Waals surface area contributed by atoms with Crippen molar-refractivity contribution in [3.63, 3.8) is 0 Å². The van der Waals surface area contributed by atoms with Crippen LogP contribution in [0.5, 0.6) is 5.75 Å². The molecule has 0 unspecified atom stereocenters. The number of urea groups is 1. The van der Waals surface area contributed by atoms with E-state index >= 15 is 0 Å². The van der Waals surface area contributed by atoms with Gasteiger partial charge in [0.1, 0.15) is 5.75 Å². The van der Waals surface area contributed by atoms with Gasteiger partial charge in [0.15, 0.2) is 0 Å². The standard InChI is InChI=1S/C22H27N3O3/c1-15-9-10-20(28-3)19(12-15)16(2)24-22(27)23-14-17-6-4-7-18(13-17)25-11-5-8-21(25)26/h4,6-7,9-10,12-13,16H,5,8,11,14H2,1-3H3,(H2,23,24,27)/t16-/m0/s1. The lowest BCUT2D eigenvalue weighted by Crippen LogP contribution is -2.36. The second kappa shape index (κ2) is 8.78. The third kappa shape index (κ3) is 4.63. The van der Waals surface area contributed by atoms with Crippen molar-refractivity contribution in [3.8, 4) is 5.75 Å². The van der Waals surface area contributed by atoms with E-state index in [1.165, 1.54) is 0 Å². The Bertz CT molecular complexity index is 866. The Hall–Kier alpha value is -3.02. The summed E-state index contributed by atoms with van der Waals surface area (Å²) < 4.78 is 5.40. The maximum atomic E-state index is 12.4. The second-order valence-corrected chi connectivity index (χ2v) is 7.11. The molecule has 2 aromatic rings. The predicted octanol–water partition coefficient (Wildman–Crippen LogP) is 3.69. The number of anilines is 1. The summed E-state index contributed by atoms with van der Waals surface area (Å²) in [5.74, 6) is 0.908. The first-order valence-electron chi connectivity index (χ1n) is 9.56. The van der Waals surface area contributed by atoms with Gasteiger partial charge in [-0.15, -0.1) is 0 Å². The number of rotatable bonds is 6. The SMILES string of the molecule is COc1ccc(C)cc1[C@H](C)NC(=O)NCc1cccc(N2CCCC2=O)c1. The van der Waals surface area contributed by atoms with Gasteiger partial charge in [-0.3, -0.25) is 4.79 Å². The minimum atomic E-state index is -0.251. The zero-order valence-electron chi connectivity index (χ0n) is 16.6. The van der Waals surface area contributed by atoms with Crippen molar-refractivity contribution in [2.24, 2.45) is 0 Å². The number of methoxy groups -OCH3 is 1. The van der Waals surface area contributed by atoms with Gasteiger partial charge in [0.25, 0.3) is 0 Å². The van der Waals surface area contributed by atoms with Gasteiger partial charge in [0.05, 0.1) is 13.2 Å². The van der Waals surface area contributed by atoms with Crippen LogP contribution in [0, 0.1) is 6.92 Å². The number of aryl methyl sites for hydroxylation is 1. The lowest BCUT2D eigenvalue weighted by atomic mass is 10.0. The molecular formula is C22H27N3O3. The summed E-state index contributed by atoms with van der Waals surface area (Å²) in [5, 5.41) is 5.84. The van der Waals surface area contributed by atoms with Crippen LogP contribution in [0.2, 0.25) is 0 Å². The normalized spacial score (nSPS) is 14.7. The Morgan fingerprint density at radius 1 is 1.25 bits per heavy atom. The molecule has 2 N–H and O–H groups in total. The quantitative estimate of drug-likeness (QED) is 0.802. The first-order valence-corrected chi connectivity index (χ1v) is 9.56. The second-order valence-electron chi connectivity index (χ2n) is 7.11. The van der Waals surface area contributed by atoms with Crippen LogP contribution in [0.1, 0.15) is 42.5 Å². The van der Waals surface area contributed by atoms with E-state index in [1.54, 1.807) is 12.0 Å². The molecule has 28 heavy (non-hydrogen) atoms. The Kier molecular flexibility index (Phi) is 6.19. The van der Waals surface area contributed by atoms with Gasteiger partial charge in [-0.05, 0) is 44.0 Å². The van der Waals surface area contributed by atoms with Gasteiger partial charge in [-0.25, -0.2) is 4.79 Å². The molecule has 148 valence electrons. The summed E-state index contributed by atoms with van der Waals surface area (Å²) in [7, 11) is 1.62. The summed E-state index contributed by atoms with van der Waals surface area (Å²) in [4.78, 5) is 26.1. The molecule has 0 spiro atoms. The molecule has 3 amide bonds. The number of ether oxygens (including phenoxy) is 1. The molecule has 1 aliphatic heterocycles. The van der Waals surface area contributed by atoms with E-state index in [1.807, 2.05) is 56.3 Å². The van der Waals surface area contributed by atoms with Crippen molar-refractivity contribution in [1.82, 2.24) is 10.6 Å². The largest absolute Gasteiger partial charge is 0.496 e. The van der Waals surface area contributed by atoms with Crippen molar-refractivity contribution in [3.05, 3.63) is 59.2 Å². The molecule has 1 fully saturated rings. The average Bonchev–Trinajstić information content (AvgIpc) is 3.12. The molecule has 1 aliphatic rings. The first-order chi connectivity index (χ1) is 13.5. The van der Waals surface area contributed by atoms with E-state index in [2.05, 4.69) is 10.6 Å². The Morgan fingerprint density at radius 2 is 2.07 bits per heavy atom. The summed E-state index contributed by atoms with van der Waals surface area (Å²) in [5.41, 5.74) is 3.89. The maximum absolute atomic E-state index is 12.4. The van der Waals surface area contributed by atoms with E-state index in [4.69, 9.17) is 4.74 Å². The topological polar surface area (TPSA) is 70.7 Å². The molecular weight excluding hydrogens is 354 g/mol. The third-order valence-corrected chi connectivity index (χ3v) is 4.95.